The molecular weight excluding hydrogens is 237 g/mol. The van der Waals surface area contributed by atoms with E-state index in [9.17, 15) is 4.39 Å². The molecule has 13 heavy (non-hydrogen) atoms. The fourth-order valence-electron chi connectivity index (χ4n) is 1.08. The predicted molar refractivity (Wildman–Crippen MR) is 48.5 cm³/mol. The summed E-state index contributed by atoms with van der Waals surface area (Å²) in [7, 11) is 0. The molecule has 0 saturated heterocycles. The van der Waals surface area contributed by atoms with E-state index in [1.54, 1.807) is 6.07 Å². The molecule has 1 N–H and O–H groups in total. The Hall–Kier alpha value is -1.41. The van der Waals surface area contributed by atoms with Crippen LogP contribution in [-0.2, 0) is 0 Å². The minimum Gasteiger partial charge on any atom is -0.314 e. The molecule has 2 rings (SSSR count). The van der Waals surface area contributed by atoms with Gasteiger partial charge in [0.15, 0.2) is 0 Å². The largest absolute Gasteiger partial charge is 0.314 e. The van der Waals surface area contributed by atoms with Crippen molar-refractivity contribution in [2.45, 2.75) is 0 Å². The van der Waals surface area contributed by atoms with Crippen LogP contribution in [0.2, 0.25) is 0 Å². The summed E-state index contributed by atoms with van der Waals surface area (Å²) in [6, 6.07) is 5.13. The van der Waals surface area contributed by atoms with E-state index in [1.807, 2.05) is 6.07 Å². The Kier molecular flexibility index (Phi) is 1.78. The maximum Gasteiger partial charge on any atom is 0.287 e. The first-order valence-corrected chi connectivity index (χ1v) is 4.25. The summed E-state index contributed by atoms with van der Waals surface area (Å²) in [5.41, 5.74) is 1.47. The minimum absolute atomic E-state index is 0.444. The standard InChI is InChI=1S/C8H3BrFN3/c9-5-2-7-6(1-4(5)3-11)12-8(10)13-7/h1-2H,(H,12,13). The Morgan fingerprint density at radius 1 is 1.54 bits per heavy atom. The van der Waals surface area contributed by atoms with Crippen LogP contribution in [0.5, 0.6) is 0 Å². The van der Waals surface area contributed by atoms with Crippen LogP contribution >= 0.6 is 15.9 Å². The topological polar surface area (TPSA) is 52.5 Å². The molecule has 0 fully saturated rings. The zero-order valence-corrected chi connectivity index (χ0v) is 7.89. The first kappa shape index (κ1) is 8.20. The molecule has 5 heteroatoms. The van der Waals surface area contributed by atoms with Gasteiger partial charge in [-0.2, -0.15) is 9.65 Å². The number of imidazole rings is 1. The molecule has 1 aromatic heterocycles. The van der Waals surface area contributed by atoms with Crippen molar-refractivity contribution in [3.63, 3.8) is 0 Å². The molecule has 0 amide bonds. The first-order valence-electron chi connectivity index (χ1n) is 3.45. The van der Waals surface area contributed by atoms with Crippen LogP contribution in [-0.4, -0.2) is 9.97 Å². The number of hydrogen-bond donors (Lipinski definition) is 1. The maximum atomic E-state index is 12.6. The normalized spacial score (nSPS) is 10.2. The van der Waals surface area contributed by atoms with Gasteiger partial charge in [-0.25, -0.2) is 4.98 Å². The van der Waals surface area contributed by atoms with E-state index in [2.05, 4.69) is 25.9 Å². The summed E-state index contributed by atoms with van der Waals surface area (Å²) < 4.78 is 13.3. The van der Waals surface area contributed by atoms with E-state index in [0.717, 1.165) is 0 Å². The lowest BCUT2D eigenvalue weighted by molar-refractivity contribution is 0.556. The van der Waals surface area contributed by atoms with Gasteiger partial charge in [0.25, 0.3) is 6.08 Å². The van der Waals surface area contributed by atoms with Crippen molar-refractivity contribution in [2.24, 2.45) is 0 Å². The number of H-pyrrole nitrogens is 1. The van der Waals surface area contributed by atoms with Gasteiger partial charge >= 0.3 is 0 Å². The smallest absolute Gasteiger partial charge is 0.287 e. The van der Waals surface area contributed by atoms with Gasteiger partial charge in [-0.1, -0.05) is 0 Å². The second-order valence-corrected chi connectivity index (χ2v) is 3.34. The zero-order chi connectivity index (χ0) is 9.42. The highest BCUT2D eigenvalue weighted by Gasteiger charge is 2.06. The number of hydrogen-bond acceptors (Lipinski definition) is 2. The zero-order valence-electron chi connectivity index (χ0n) is 6.31. The quantitative estimate of drug-likeness (QED) is 0.768. The Bertz CT molecular complexity index is 512. The van der Waals surface area contributed by atoms with Gasteiger partial charge in [-0.15, -0.1) is 0 Å². The van der Waals surface area contributed by atoms with E-state index in [0.29, 0.717) is 21.1 Å². The van der Waals surface area contributed by atoms with Crippen LogP contribution in [0.4, 0.5) is 4.39 Å². The molecule has 0 radical (unpaired) electrons. The van der Waals surface area contributed by atoms with Gasteiger partial charge in [0, 0.05) is 4.47 Å². The summed E-state index contributed by atoms with van der Waals surface area (Å²) >= 11 is 3.19. The van der Waals surface area contributed by atoms with Crippen LogP contribution in [0.25, 0.3) is 11.0 Å². The average molecular weight is 240 g/mol. The Morgan fingerprint density at radius 2 is 2.31 bits per heavy atom. The number of rotatable bonds is 0. The van der Waals surface area contributed by atoms with E-state index in [-0.39, 0.29) is 0 Å². The number of nitrogens with zero attached hydrogens (tertiary/aromatic N) is 2. The van der Waals surface area contributed by atoms with E-state index in [1.165, 1.54) is 6.07 Å². The van der Waals surface area contributed by atoms with Gasteiger partial charge in [-0.3, -0.25) is 0 Å². The molecule has 2 aromatic rings. The Balaban J connectivity index is 2.82. The number of nitriles is 1. The third-order valence-corrected chi connectivity index (χ3v) is 2.32. The van der Waals surface area contributed by atoms with Crippen molar-refractivity contribution in [3.05, 3.63) is 28.2 Å². The van der Waals surface area contributed by atoms with Crippen LogP contribution in [0.3, 0.4) is 0 Å². The second kappa shape index (κ2) is 2.82. The van der Waals surface area contributed by atoms with Gasteiger partial charge in [-0.05, 0) is 28.1 Å². The molecule has 0 spiro atoms. The fraction of sp³-hybridized carbons (Fsp3) is 0. The first-order chi connectivity index (χ1) is 6.20. The number of fused-ring (bicyclic) bond motifs is 1. The number of benzene rings is 1. The average Bonchev–Trinajstić information content (AvgIpc) is 2.42. The molecule has 1 aromatic carbocycles. The Labute approximate surface area is 81.3 Å². The fourth-order valence-corrected chi connectivity index (χ4v) is 1.52. The molecule has 3 nitrogen and oxygen atoms in total. The second-order valence-electron chi connectivity index (χ2n) is 2.49. The number of halogens is 2. The summed E-state index contributed by atoms with van der Waals surface area (Å²) in [6.45, 7) is 0. The number of nitrogens with one attached hydrogen (secondary N) is 1. The molecule has 1 heterocycles. The van der Waals surface area contributed by atoms with Crippen molar-refractivity contribution < 1.29 is 4.39 Å². The maximum absolute atomic E-state index is 12.6. The molecule has 64 valence electrons. The van der Waals surface area contributed by atoms with Crippen molar-refractivity contribution in [1.82, 2.24) is 9.97 Å². The van der Waals surface area contributed by atoms with Crippen LogP contribution in [0.1, 0.15) is 5.56 Å². The molecule has 0 atom stereocenters. The van der Waals surface area contributed by atoms with Crippen LogP contribution in [0.15, 0.2) is 16.6 Å². The monoisotopic (exact) mass is 239 g/mol. The molecule has 0 aliphatic carbocycles. The molecule has 0 aliphatic rings. The summed E-state index contributed by atoms with van der Waals surface area (Å²) in [5.74, 6) is 0. The third kappa shape index (κ3) is 1.29. The van der Waals surface area contributed by atoms with Gasteiger partial charge in [0.2, 0.25) is 0 Å². The summed E-state index contributed by atoms with van der Waals surface area (Å²) in [5, 5.41) is 8.67. The predicted octanol–water partition coefficient (Wildman–Crippen LogP) is 2.34. The van der Waals surface area contributed by atoms with E-state index < -0.39 is 6.08 Å². The highest BCUT2D eigenvalue weighted by molar-refractivity contribution is 9.10. The minimum atomic E-state index is -0.642. The van der Waals surface area contributed by atoms with E-state index >= 15 is 0 Å². The van der Waals surface area contributed by atoms with Crippen molar-refractivity contribution in [2.75, 3.05) is 0 Å². The van der Waals surface area contributed by atoms with Crippen molar-refractivity contribution in [3.8, 4) is 6.07 Å². The molecule has 0 unspecified atom stereocenters. The number of aromatic nitrogens is 2. The molecule has 0 saturated carbocycles. The van der Waals surface area contributed by atoms with Crippen LogP contribution < -0.4 is 0 Å². The van der Waals surface area contributed by atoms with Gasteiger partial charge in [0.1, 0.15) is 6.07 Å². The Morgan fingerprint density at radius 3 is 3.00 bits per heavy atom. The van der Waals surface area contributed by atoms with Crippen LogP contribution in [0, 0.1) is 17.4 Å². The lowest BCUT2D eigenvalue weighted by Crippen LogP contribution is -1.77. The summed E-state index contributed by atoms with van der Waals surface area (Å²) in [4.78, 5) is 6.00. The highest BCUT2D eigenvalue weighted by atomic mass is 79.9. The van der Waals surface area contributed by atoms with Crippen molar-refractivity contribution >= 4 is 27.0 Å². The lowest BCUT2D eigenvalue weighted by atomic mass is 10.2. The van der Waals surface area contributed by atoms with Gasteiger partial charge in [0.05, 0.1) is 16.6 Å². The van der Waals surface area contributed by atoms with Gasteiger partial charge < -0.3 is 4.98 Å². The highest BCUT2D eigenvalue weighted by Crippen LogP contribution is 2.22. The molecular formula is C8H3BrFN3. The van der Waals surface area contributed by atoms with Crippen molar-refractivity contribution in [1.29, 1.82) is 5.26 Å². The van der Waals surface area contributed by atoms with E-state index in [4.69, 9.17) is 5.26 Å². The molecule has 0 aliphatic heterocycles. The lowest BCUT2D eigenvalue weighted by Gasteiger charge is -1.93. The molecule has 0 bridgehead atoms. The number of aromatic amines is 1. The summed E-state index contributed by atoms with van der Waals surface area (Å²) in [6.07, 6.45) is -0.642. The SMILES string of the molecule is N#Cc1cc2nc(F)[nH]c2cc1Br. The third-order valence-electron chi connectivity index (χ3n) is 1.66.